The second-order valence-corrected chi connectivity index (χ2v) is 7.95. The van der Waals surface area contributed by atoms with Crippen LogP contribution in [-0.4, -0.2) is 15.5 Å². The lowest BCUT2D eigenvalue weighted by atomic mass is 10.1. The van der Waals surface area contributed by atoms with Crippen molar-refractivity contribution in [3.05, 3.63) is 45.1 Å². The molecule has 0 N–H and O–H groups in total. The van der Waals surface area contributed by atoms with Crippen LogP contribution in [0.2, 0.25) is 5.02 Å². The number of benzene rings is 1. The fourth-order valence-electron chi connectivity index (χ4n) is 2.12. The molecule has 0 bridgehead atoms. The molecule has 2 heterocycles. The first kappa shape index (κ1) is 13.2. The van der Waals surface area contributed by atoms with Crippen molar-refractivity contribution >= 4 is 50.2 Å². The van der Waals surface area contributed by atoms with Gasteiger partial charge in [-0.05, 0) is 29.1 Å². The van der Waals surface area contributed by atoms with Crippen LogP contribution in [0.3, 0.4) is 0 Å². The molecule has 1 aliphatic rings. The van der Waals surface area contributed by atoms with Crippen molar-refractivity contribution in [3.8, 4) is 0 Å². The minimum absolute atomic E-state index is 0.172. The fourth-order valence-corrected chi connectivity index (χ4v) is 5.33. The van der Waals surface area contributed by atoms with Gasteiger partial charge in [-0.3, -0.25) is 4.31 Å². The number of rotatable bonds is 0. The van der Waals surface area contributed by atoms with Gasteiger partial charge in [0.2, 0.25) is 0 Å². The Hall–Kier alpha value is -0.750. The van der Waals surface area contributed by atoms with E-state index in [4.69, 9.17) is 23.2 Å². The minimum Gasteiger partial charge on any atom is -0.268 e. The van der Waals surface area contributed by atoms with Crippen LogP contribution in [-0.2, 0) is 10.0 Å². The lowest BCUT2D eigenvalue weighted by Crippen LogP contribution is -2.26. The van der Waals surface area contributed by atoms with Gasteiger partial charge in [0.05, 0.1) is 20.8 Å². The molecule has 7 heteroatoms. The molecule has 2 aromatic rings. The summed E-state index contributed by atoms with van der Waals surface area (Å²) in [6.07, 6.45) is 0. The van der Waals surface area contributed by atoms with E-state index in [1.165, 1.54) is 28.8 Å². The maximum atomic E-state index is 12.6. The zero-order chi connectivity index (χ0) is 13.8. The van der Waals surface area contributed by atoms with E-state index < -0.39 is 15.4 Å². The monoisotopic (exact) mass is 333 g/mol. The summed E-state index contributed by atoms with van der Waals surface area (Å²) in [5, 5.41) is 1.74. The number of sulfonamides is 1. The maximum absolute atomic E-state index is 12.6. The number of anilines is 1. The fraction of sp³-hybridized carbons (Fsp3) is 0.167. The summed E-state index contributed by atoms with van der Waals surface area (Å²) in [5.41, 5.74) is 1.19. The molecular weight excluding hydrogens is 325 g/mol. The Labute approximate surface area is 125 Å². The van der Waals surface area contributed by atoms with Gasteiger partial charge in [-0.1, -0.05) is 17.7 Å². The zero-order valence-electron chi connectivity index (χ0n) is 9.80. The highest BCUT2D eigenvalue weighted by atomic mass is 35.5. The normalized spacial score (nSPS) is 20.6. The summed E-state index contributed by atoms with van der Waals surface area (Å²) in [4.78, 5) is 1.000. The Morgan fingerprint density at radius 3 is 2.79 bits per heavy atom. The molecule has 0 saturated heterocycles. The standard InChI is InChI=1S/C12H9Cl2NO2S2/c1-15-9-4-5-18-12(9)11(14)8-3-2-7(13)6-10(8)19(15,16)17/h2-6,11H,1H3. The van der Waals surface area contributed by atoms with Gasteiger partial charge in [0.25, 0.3) is 10.0 Å². The van der Waals surface area contributed by atoms with E-state index in [1.807, 2.05) is 5.38 Å². The topological polar surface area (TPSA) is 37.4 Å². The quantitative estimate of drug-likeness (QED) is 0.686. The van der Waals surface area contributed by atoms with Crippen LogP contribution in [0.4, 0.5) is 5.69 Å². The summed E-state index contributed by atoms with van der Waals surface area (Å²) < 4.78 is 26.5. The summed E-state index contributed by atoms with van der Waals surface area (Å²) >= 11 is 13.8. The molecule has 3 rings (SSSR count). The third-order valence-electron chi connectivity index (χ3n) is 3.13. The number of halogens is 2. The molecule has 1 atom stereocenters. The highest BCUT2D eigenvalue weighted by Gasteiger charge is 2.35. The highest BCUT2D eigenvalue weighted by molar-refractivity contribution is 7.93. The van der Waals surface area contributed by atoms with Crippen LogP contribution in [0.1, 0.15) is 15.8 Å². The number of alkyl halides is 1. The number of thiophene rings is 1. The number of nitrogens with zero attached hydrogens (tertiary/aromatic N) is 1. The molecule has 1 aliphatic heterocycles. The van der Waals surface area contributed by atoms with E-state index in [0.29, 0.717) is 16.3 Å². The summed E-state index contributed by atoms with van der Waals surface area (Å²) in [6.45, 7) is 0. The highest BCUT2D eigenvalue weighted by Crippen LogP contribution is 2.46. The first-order valence-corrected chi connectivity index (χ1v) is 8.56. The van der Waals surface area contributed by atoms with Gasteiger partial charge in [0.15, 0.2) is 0 Å². The van der Waals surface area contributed by atoms with Crippen LogP contribution in [0.5, 0.6) is 0 Å². The van der Waals surface area contributed by atoms with E-state index in [2.05, 4.69) is 0 Å². The first-order chi connectivity index (χ1) is 8.93. The van der Waals surface area contributed by atoms with Crippen molar-refractivity contribution in [2.45, 2.75) is 10.3 Å². The van der Waals surface area contributed by atoms with Gasteiger partial charge in [0.1, 0.15) is 0 Å². The van der Waals surface area contributed by atoms with Crippen molar-refractivity contribution < 1.29 is 8.42 Å². The molecule has 0 spiro atoms. The van der Waals surface area contributed by atoms with Crippen molar-refractivity contribution in [3.63, 3.8) is 0 Å². The van der Waals surface area contributed by atoms with E-state index in [9.17, 15) is 8.42 Å². The number of hydrogen-bond acceptors (Lipinski definition) is 3. The smallest absolute Gasteiger partial charge is 0.264 e. The van der Waals surface area contributed by atoms with Crippen LogP contribution in [0.15, 0.2) is 34.5 Å². The van der Waals surface area contributed by atoms with Crippen molar-refractivity contribution in [1.82, 2.24) is 0 Å². The number of fused-ring (bicyclic) bond motifs is 2. The van der Waals surface area contributed by atoms with Crippen LogP contribution >= 0.6 is 34.5 Å². The van der Waals surface area contributed by atoms with E-state index in [-0.39, 0.29) is 4.90 Å². The van der Waals surface area contributed by atoms with E-state index >= 15 is 0 Å². The van der Waals surface area contributed by atoms with Crippen molar-refractivity contribution in [2.75, 3.05) is 11.4 Å². The molecule has 3 nitrogen and oxygen atoms in total. The van der Waals surface area contributed by atoms with Gasteiger partial charge in [0, 0.05) is 12.1 Å². The SMILES string of the molecule is CN1c2ccsc2C(Cl)c2ccc(Cl)cc2S1(=O)=O. The third kappa shape index (κ3) is 1.88. The lowest BCUT2D eigenvalue weighted by Gasteiger charge is -2.17. The van der Waals surface area contributed by atoms with Gasteiger partial charge in [-0.25, -0.2) is 8.42 Å². The molecule has 0 aliphatic carbocycles. The van der Waals surface area contributed by atoms with Gasteiger partial charge >= 0.3 is 0 Å². The molecule has 1 unspecified atom stereocenters. The molecule has 1 aromatic carbocycles. The average Bonchev–Trinajstić information content (AvgIpc) is 2.83. The van der Waals surface area contributed by atoms with Crippen LogP contribution in [0, 0.1) is 0 Å². The predicted octanol–water partition coefficient (Wildman–Crippen LogP) is 3.87. The number of hydrogen-bond donors (Lipinski definition) is 0. The maximum Gasteiger partial charge on any atom is 0.264 e. The average molecular weight is 334 g/mol. The molecule has 0 radical (unpaired) electrons. The molecule has 1 aromatic heterocycles. The molecule has 0 saturated carbocycles. The minimum atomic E-state index is -3.62. The van der Waals surface area contributed by atoms with E-state index in [1.54, 1.807) is 18.2 Å². The summed E-state index contributed by atoms with van der Waals surface area (Å²) in [5.74, 6) is 0. The summed E-state index contributed by atoms with van der Waals surface area (Å²) in [7, 11) is -2.10. The second kappa shape index (κ2) is 4.38. The Kier molecular flexibility index (Phi) is 3.05. The van der Waals surface area contributed by atoms with Crippen molar-refractivity contribution in [2.24, 2.45) is 0 Å². The Bertz CT molecular complexity index is 755. The van der Waals surface area contributed by atoms with Gasteiger partial charge < -0.3 is 0 Å². The van der Waals surface area contributed by atoms with E-state index in [0.717, 1.165) is 4.88 Å². The van der Waals surface area contributed by atoms with Gasteiger partial charge in [-0.15, -0.1) is 22.9 Å². The van der Waals surface area contributed by atoms with Gasteiger partial charge in [-0.2, -0.15) is 0 Å². The molecule has 0 amide bonds. The molecule has 100 valence electrons. The van der Waals surface area contributed by atoms with Crippen LogP contribution < -0.4 is 4.31 Å². The zero-order valence-corrected chi connectivity index (χ0v) is 12.9. The Morgan fingerprint density at radius 1 is 1.32 bits per heavy atom. The molecule has 19 heavy (non-hydrogen) atoms. The first-order valence-electron chi connectivity index (χ1n) is 5.43. The Balaban J connectivity index is 2.40. The summed E-state index contributed by atoms with van der Waals surface area (Å²) in [6, 6.07) is 6.55. The molecule has 0 fully saturated rings. The molecular formula is C12H9Cl2NO2S2. The predicted molar refractivity (Wildman–Crippen MR) is 79.1 cm³/mol. The largest absolute Gasteiger partial charge is 0.268 e. The lowest BCUT2D eigenvalue weighted by molar-refractivity contribution is 0.594. The Morgan fingerprint density at radius 2 is 2.05 bits per heavy atom. The van der Waals surface area contributed by atoms with Crippen LogP contribution in [0.25, 0.3) is 0 Å². The second-order valence-electron chi connectivity index (χ2n) is 4.19. The van der Waals surface area contributed by atoms with Crippen molar-refractivity contribution in [1.29, 1.82) is 0 Å². The third-order valence-corrected chi connectivity index (χ3v) is 6.75.